The summed E-state index contributed by atoms with van der Waals surface area (Å²) in [6, 6.07) is 6.99. The first kappa shape index (κ1) is 20.7. The second-order valence-electron chi connectivity index (χ2n) is 7.18. The minimum atomic E-state index is 0.378. The van der Waals surface area contributed by atoms with Crippen molar-refractivity contribution in [1.29, 1.82) is 0 Å². The van der Waals surface area contributed by atoms with Crippen LogP contribution in [-0.4, -0.2) is 47.3 Å². The Bertz CT molecular complexity index is 721. The van der Waals surface area contributed by atoms with Gasteiger partial charge in [-0.05, 0) is 61.7 Å². The fourth-order valence-corrected chi connectivity index (χ4v) is 4.82. The molecule has 0 spiro atoms. The largest absolute Gasteiger partial charge is 0.377 e. The molecule has 148 valence electrons. The smallest absolute Gasteiger partial charge is 0.110 e. The average molecular weight is 408 g/mol. The zero-order valence-electron chi connectivity index (χ0n) is 16.3. The van der Waals surface area contributed by atoms with Crippen molar-refractivity contribution in [3.63, 3.8) is 0 Å². The van der Waals surface area contributed by atoms with Crippen LogP contribution in [0.3, 0.4) is 0 Å². The van der Waals surface area contributed by atoms with Crippen LogP contribution < -0.4 is 5.32 Å². The number of benzene rings is 1. The molecule has 1 fully saturated rings. The molecule has 1 aromatic heterocycles. The highest BCUT2D eigenvalue weighted by Gasteiger charge is 2.21. The first-order valence-corrected chi connectivity index (χ1v) is 11.4. The van der Waals surface area contributed by atoms with E-state index in [1.54, 1.807) is 0 Å². The number of aryl methyl sites for hydroxylation is 2. The third-order valence-electron chi connectivity index (χ3n) is 5.07. The van der Waals surface area contributed by atoms with Crippen LogP contribution in [0.15, 0.2) is 24.4 Å². The van der Waals surface area contributed by atoms with E-state index in [0.29, 0.717) is 12.1 Å². The van der Waals surface area contributed by atoms with Gasteiger partial charge in [0.2, 0.25) is 0 Å². The zero-order chi connectivity index (χ0) is 19.1. The molecule has 2 atom stereocenters. The summed E-state index contributed by atoms with van der Waals surface area (Å²) >= 11 is 8.33. The summed E-state index contributed by atoms with van der Waals surface area (Å²) in [4.78, 5) is 7.83. The van der Waals surface area contributed by atoms with Gasteiger partial charge in [-0.1, -0.05) is 24.6 Å². The van der Waals surface area contributed by atoms with E-state index in [1.165, 1.54) is 16.8 Å². The Kier molecular flexibility index (Phi) is 8.07. The van der Waals surface area contributed by atoms with Crippen molar-refractivity contribution in [2.75, 3.05) is 25.2 Å². The van der Waals surface area contributed by atoms with E-state index in [4.69, 9.17) is 16.3 Å². The molecule has 0 saturated carbocycles. The lowest BCUT2D eigenvalue weighted by molar-refractivity contribution is 0.0176. The number of hydrogen-bond donors (Lipinski definition) is 2. The van der Waals surface area contributed by atoms with Crippen LogP contribution in [0, 0.1) is 0 Å². The van der Waals surface area contributed by atoms with Gasteiger partial charge in [0.05, 0.1) is 6.10 Å². The molecule has 3 rings (SSSR count). The van der Waals surface area contributed by atoms with Crippen molar-refractivity contribution in [3.8, 4) is 0 Å². The fourth-order valence-electron chi connectivity index (χ4n) is 3.50. The van der Waals surface area contributed by atoms with Gasteiger partial charge in [-0.3, -0.25) is 0 Å². The van der Waals surface area contributed by atoms with Crippen molar-refractivity contribution < 1.29 is 4.74 Å². The van der Waals surface area contributed by atoms with E-state index in [1.807, 2.05) is 31.1 Å². The summed E-state index contributed by atoms with van der Waals surface area (Å²) in [5, 5.41) is 4.18. The van der Waals surface area contributed by atoms with E-state index >= 15 is 0 Å². The van der Waals surface area contributed by atoms with Gasteiger partial charge < -0.3 is 15.0 Å². The maximum absolute atomic E-state index is 6.35. The Balaban J connectivity index is 1.47. The lowest BCUT2D eigenvalue weighted by Crippen LogP contribution is -2.38. The summed E-state index contributed by atoms with van der Waals surface area (Å²) in [5.74, 6) is 3.16. The van der Waals surface area contributed by atoms with Crippen molar-refractivity contribution in [2.45, 2.75) is 51.2 Å². The second-order valence-corrected chi connectivity index (χ2v) is 8.77. The lowest BCUT2D eigenvalue weighted by Gasteiger charge is -2.29. The molecule has 27 heavy (non-hydrogen) atoms. The van der Waals surface area contributed by atoms with Gasteiger partial charge in [0.1, 0.15) is 5.82 Å². The normalized spacial score (nSPS) is 20.1. The van der Waals surface area contributed by atoms with Crippen LogP contribution in [0.25, 0.3) is 0 Å². The molecular formula is C21H30ClN3OS. The maximum Gasteiger partial charge on any atom is 0.110 e. The number of nitrogens with one attached hydrogen (secondary N) is 2. The van der Waals surface area contributed by atoms with Crippen molar-refractivity contribution in [2.24, 2.45) is 0 Å². The van der Waals surface area contributed by atoms with E-state index in [9.17, 15) is 0 Å². The van der Waals surface area contributed by atoms with Crippen LogP contribution in [-0.2, 0) is 24.0 Å². The van der Waals surface area contributed by atoms with Gasteiger partial charge >= 0.3 is 0 Å². The number of rotatable bonds is 9. The Morgan fingerprint density at radius 3 is 2.96 bits per heavy atom. The van der Waals surface area contributed by atoms with Gasteiger partial charge in [-0.25, -0.2) is 4.98 Å². The molecule has 6 heteroatoms. The summed E-state index contributed by atoms with van der Waals surface area (Å²) in [7, 11) is 2.04. The lowest BCUT2D eigenvalue weighted by atomic mass is 10.1. The minimum Gasteiger partial charge on any atom is -0.377 e. The van der Waals surface area contributed by atoms with Gasteiger partial charge in [0.15, 0.2) is 0 Å². The van der Waals surface area contributed by atoms with Crippen LogP contribution in [0.4, 0.5) is 0 Å². The van der Waals surface area contributed by atoms with Gasteiger partial charge in [0, 0.05) is 41.7 Å². The number of H-pyrrole nitrogens is 1. The van der Waals surface area contributed by atoms with E-state index < -0.39 is 0 Å². The highest BCUT2D eigenvalue weighted by molar-refractivity contribution is 7.99. The van der Waals surface area contributed by atoms with E-state index in [-0.39, 0.29) is 0 Å². The molecule has 4 nitrogen and oxygen atoms in total. The highest BCUT2D eigenvalue weighted by Crippen LogP contribution is 2.21. The molecule has 2 unspecified atom stereocenters. The topological polar surface area (TPSA) is 49.9 Å². The predicted molar refractivity (Wildman–Crippen MR) is 115 cm³/mol. The third kappa shape index (κ3) is 6.53. The van der Waals surface area contributed by atoms with Gasteiger partial charge in [-0.15, -0.1) is 0 Å². The minimum absolute atomic E-state index is 0.378. The van der Waals surface area contributed by atoms with Gasteiger partial charge in [-0.2, -0.15) is 11.8 Å². The molecule has 1 saturated heterocycles. The summed E-state index contributed by atoms with van der Waals surface area (Å²) in [6.07, 6.45) is 7.34. The molecule has 0 bridgehead atoms. The van der Waals surface area contributed by atoms with Crippen LogP contribution >= 0.6 is 23.4 Å². The maximum atomic E-state index is 6.35. The number of imidazole rings is 1. The molecule has 2 heterocycles. The molecule has 1 aliphatic heterocycles. The number of ether oxygens (including phenoxy) is 1. The van der Waals surface area contributed by atoms with E-state index in [0.717, 1.165) is 61.1 Å². The third-order valence-corrected chi connectivity index (χ3v) is 6.38. The van der Waals surface area contributed by atoms with E-state index in [2.05, 4.69) is 34.3 Å². The van der Waals surface area contributed by atoms with Crippen LogP contribution in [0.5, 0.6) is 0 Å². The zero-order valence-corrected chi connectivity index (χ0v) is 17.8. The van der Waals surface area contributed by atoms with Crippen molar-refractivity contribution >= 4 is 23.4 Å². The SMILES string of the molecule is CCc1cnc(Cc2cc(Cl)cc(CCSCC3CC(NC)CCO3)c2)[nH]1. The Hall–Kier alpha value is -1.01. The first-order valence-electron chi connectivity index (χ1n) is 9.84. The Morgan fingerprint density at radius 2 is 2.19 bits per heavy atom. The molecule has 0 radical (unpaired) electrons. The molecule has 0 amide bonds. The quantitative estimate of drug-likeness (QED) is 0.610. The first-order chi connectivity index (χ1) is 13.2. The average Bonchev–Trinajstić information content (AvgIpc) is 3.12. The molecular weight excluding hydrogens is 378 g/mol. The molecule has 1 aromatic carbocycles. The predicted octanol–water partition coefficient (Wildman–Crippen LogP) is 4.26. The number of aromatic amines is 1. The summed E-state index contributed by atoms with van der Waals surface area (Å²) in [6.45, 7) is 3.00. The van der Waals surface area contributed by atoms with Crippen molar-refractivity contribution in [3.05, 3.63) is 52.1 Å². The molecule has 1 aliphatic rings. The van der Waals surface area contributed by atoms with Crippen LogP contribution in [0.1, 0.15) is 42.4 Å². The number of halogens is 1. The number of thioether (sulfide) groups is 1. The number of hydrogen-bond acceptors (Lipinski definition) is 4. The Labute approximate surface area is 171 Å². The number of aromatic nitrogens is 2. The fraction of sp³-hybridized carbons (Fsp3) is 0.571. The number of nitrogens with zero attached hydrogens (tertiary/aromatic N) is 1. The van der Waals surface area contributed by atoms with Crippen molar-refractivity contribution in [1.82, 2.24) is 15.3 Å². The highest BCUT2D eigenvalue weighted by atomic mass is 35.5. The second kappa shape index (κ2) is 10.5. The standard InChI is InChI=1S/C21H30ClN3OS/c1-3-18-13-24-21(25-18)11-16-8-15(9-17(22)10-16)5-7-27-14-20-12-19(23-2)4-6-26-20/h8-10,13,19-20,23H,3-7,11-12,14H2,1-2H3,(H,24,25). The molecule has 2 N–H and O–H groups in total. The monoisotopic (exact) mass is 407 g/mol. The Morgan fingerprint density at radius 1 is 1.33 bits per heavy atom. The summed E-state index contributed by atoms with van der Waals surface area (Å²) in [5.41, 5.74) is 3.69. The molecule has 0 aliphatic carbocycles. The summed E-state index contributed by atoms with van der Waals surface area (Å²) < 4.78 is 5.89. The van der Waals surface area contributed by atoms with Gasteiger partial charge in [0.25, 0.3) is 0 Å². The molecule has 2 aromatic rings. The van der Waals surface area contributed by atoms with Crippen LogP contribution in [0.2, 0.25) is 5.02 Å².